The number of fused-ring (bicyclic) bond motifs is 1. The summed E-state index contributed by atoms with van der Waals surface area (Å²) in [5, 5.41) is 2.83. The zero-order chi connectivity index (χ0) is 18.7. The fraction of sp³-hybridized carbons (Fsp3) is 0.190. The second kappa shape index (κ2) is 7.35. The molecule has 1 aliphatic rings. The summed E-state index contributed by atoms with van der Waals surface area (Å²) in [5.41, 5.74) is 3.17. The fourth-order valence-electron chi connectivity index (χ4n) is 3.09. The molecule has 0 unspecified atom stereocenters. The summed E-state index contributed by atoms with van der Waals surface area (Å²) in [6, 6.07) is 14.2. The topological polar surface area (TPSA) is 66.5 Å². The molecule has 0 fully saturated rings. The number of nitrogens with zero attached hydrogens (tertiary/aromatic N) is 1. The predicted octanol–water partition coefficient (Wildman–Crippen LogP) is 3.79. The lowest BCUT2D eigenvalue weighted by Crippen LogP contribution is -2.33. The van der Waals surface area contributed by atoms with Crippen LogP contribution < -0.4 is 5.32 Å². The van der Waals surface area contributed by atoms with E-state index in [0.29, 0.717) is 11.3 Å². The van der Waals surface area contributed by atoms with Crippen LogP contribution in [0.1, 0.15) is 47.8 Å². The molecule has 0 bridgehead atoms. The van der Waals surface area contributed by atoms with Gasteiger partial charge >= 0.3 is 0 Å². The van der Waals surface area contributed by atoms with Gasteiger partial charge in [-0.2, -0.15) is 0 Å². The molecule has 1 atom stereocenters. The quantitative estimate of drug-likeness (QED) is 0.855. The van der Waals surface area contributed by atoms with Gasteiger partial charge in [0.05, 0.1) is 12.5 Å². The van der Waals surface area contributed by atoms with E-state index in [1.165, 1.54) is 13.8 Å². The summed E-state index contributed by atoms with van der Waals surface area (Å²) >= 11 is 0. The van der Waals surface area contributed by atoms with Crippen molar-refractivity contribution in [3.8, 4) is 0 Å². The summed E-state index contributed by atoms with van der Waals surface area (Å²) in [6.45, 7) is 2.99. The number of nitrogens with one attached hydrogen (secondary N) is 1. The van der Waals surface area contributed by atoms with Crippen molar-refractivity contribution >= 4 is 29.4 Å². The average molecular weight is 348 g/mol. The number of amides is 2. The highest BCUT2D eigenvalue weighted by atomic mass is 16.2. The third-order valence-corrected chi connectivity index (χ3v) is 4.42. The van der Waals surface area contributed by atoms with Gasteiger partial charge in [-0.15, -0.1) is 0 Å². The Labute approximate surface area is 152 Å². The van der Waals surface area contributed by atoms with Crippen LogP contribution in [0.15, 0.2) is 54.7 Å². The van der Waals surface area contributed by atoms with Gasteiger partial charge in [-0.3, -0.25) is 14.4 Å². The van der Waals surface area contributed by atoms with Crippen LogP contribution in [0.5, 0.6) is 0 Å². The molecule has 2 amide bonds. The highest BCUT2D eigenvalue weighted by Crippen LogP contribution is 2.33. The van der Waals surface area contributed by atoms with Crippen molar-refractivity contribution < 1.29 is 14.4 Å². The number of anilines is 1. The normalized spacial score (nSPS) is 15.3. The number of rotatable bonds is 4. The number of carbonyl (C=O) groups is 3. The molecule has 2 aromatic carbocycles. The second-order valence-corrected chi connectivity index (χ2v) is 6.27. The number of hydrogen-bond acceptors (Lipinski definition) is 3. The Bertz CT molecular complexity index is 884. The molecule has 1 heterocycles. The molecular formula is C21H20N2O3. The summed E-state index contributed by atoms with van der Waals surface area (Å²) in [4.78, 5) is 37.4. The Balaban J connectivity index is 1.77. The summed E-state index contributed by atoms with van der Waals surface area (Å²) in [5.74, 6) is -0.327. The Kier molecular flexibility index (Phi) is 4.98. The van der Waals surface area contributed by atoms with Crippen LogP contribution >= 0.6 is 0 Å². The Hall–Kier alpha value is -3.21. The monoisotopic (exact) mass is 348 g/mol. The van der Waals surface area contributed by atoms with Crippen LogP contribution in [-0.2, 0) is 9.59 Å². The molecule has 5 nitrogen and oxygen atoms in total. The van der Waals surface area contributed by atoms with Gasteiger partial charge in [0.25, 0.3) is 0 Å². The highest BCUT2D eigenvalue weighted by Gasteiger charge is 2.28. The van der Waals surface area contributed by atoms with E-state index in [-0.39, 0.29) is 30.1 Å². The maximum Gasteiger partial charge on any atom is 0.226 e. The van der Waals surface area contributed by atoms with Gasteiger partial charge in [-0.05, 0) is 48.4 Å². The number of benzene rings is 2. The van der Waals surface area contributed by atoms with Gasteiger partial charge in [-0.25, -0.2) is 0 Å². The van der Waals surface area contributed by atoms with Crippen molar-refractivity contribution in [3.63, 3.8) is 0 Å². The summed E-state index contributed by atoms with van der Waals surface area (Å²) in [6.07, 6.45) is 3.76. The van der Waals surface area contributed by atoms with Crippen LogP contribution in [0, 0.1) is 0 Å². The third kappa shape index (κ3) is 3.72. The molecule has 1 aliphatic heterocycles. The van der Waals surface area contributed by atoms with E-state index in [2.05, 4.69) is 5.32 Å². The zero-order valence-corrected chi connectivity index (χ0v) is 14.7. The van der Waals surface area contributed by atoms with E-state index in [9.17, 15) is 14.4 Å². The molecule has 26 heavy (non-hydrogen) atoms. The first-order valence-electron chi connectivity index (χ1n) is 8.42. The maximum absolute atomic E-state index is 12.5. The van der Waals surface area contributed by atoms with E-state index >= 15 is 0 Å². The Morgan fingerprint density at radius 3 is 2.35 bits per heavy atom. The first-order chi connectivity index (χ1) is 12.5. The van der Waals surface area contributed by atoms with Gasteiger partial charge in [0, 0.05) is 24.4 Å². The van der Waals surface area contributed by atoms with Crippen molar-refractivity contribution in [3.05, 3.63) is 71.4 Å². The molecule has 0 aromatic heterocycles. The molecular weight excluding hydrogens is 328 g/mol. The van der Waals surface area contributed by atoms with Crippen LogP contribution in [0.2, 0.25) is 0 Å². The summed E-state index contributed by atoms with van der Waals surface area (Å²) < 4.78 is 0. The maximum atomic E-state index is 12.5. The predicted molar refractivity (Wildman–Crippen MR) is 100 cm³/mol. The SMILES string of the molecule is CC(=O)c1ccc(NC(=O)C[C@H]2c3ccccc3C=CN2C(C)=O)cc1. The van der Waals surface area contributed by atoms with E-state index in [4.69, 9.17) is 0 Å². The van der Waals surface area contributed by atoms with Crippen LogP contribution in [0.4, 0.5) is 5.69 Å². The van der Waals surface area contributed by atoms with Gasteiger partial charge in [-0.1, -0.05) is 24.3 Å². The van der Waals surface area contributed by atoms with Crippen LogP contribution in [-0.4, -0.2) is 22.5 Å². The van der Waals surface area contributed by atoms with E-state index in [1.807, 2.05) is 30.3 Å². The van der Waals surface area contributed by atoms with Crippen molar-refractivity contribution in [1.82, 2.24) is 4.90 Å². The number of Topliss-reactive ketones (excluding diaryl/α,β-unsaturated/α-hetero) is 1. The third-order valence-electron chi connectivity index (χ3n) is 4.42. The lowest BCUT2D eigenvalue weighted by Gasteiger charge is -2.32. The molecule has 0 saturated heterocycles. The molecule has 0 spiro atoms. The van der Waals surface area contributed by atoms with Crippen LogP contribution in [0.3, 0.4) is 0 Å². The minimum absolute atomic E-state index is 0.0226. The average Bonchev–Trinajstić information content (AvgIpc) is 2.62. The number of carbonyl (C=O) groups excluding carboxylic acids is 3. The molecule has 132 valence electrons. The molecule has 2 aromatic rings. The lowest BCUT2D eigenvalue weighted by atomic mass is 9.93. The molecule has 1 N–H and O–H groups in total. The van der Waals surface area contributed by atoms with Crippen molar-refractivity contribution in [1.29, 1.82) is 0 Å². The molecule has 0 saturated carbocycles. The number of hydrogen-bond donors (Lipinski definition) is 1. The lowest BCUT2D eigenvalue weighted by molar-refractivity contribution is -0.129. The molecule has 5 heteroatoms. The molecule has 3 rings (SSSR count). The smallest absolute Gasteiger partial charge is 0.226 e. The highest BCUT2D eigenvalue weighted by molar-refractivity contribution is 5.96. The van der Waals surface area contributed by atoms with E-state index in [1.54, 1.807) is 35.4 Å². The van der Waals surface area contributed by atoms with E-state index in [0.717, 1.165) is 11.1 Å². The van der Waals surface area contributed by atoms with Gasteiger partial charge < -0.3 is 10.2 Å². The Morgan fingerprint density at radius 1 is 1.00 bits per heavy atom. The van der Waals surface area contributed by atoms with Crippen LogP contribution in [0.25, 0.3) is 6.08 Å². The molecule has 0 aliphatic carbocycles. The largest absolute Gasteiger partial charge is 0.326 e. The first-order valence-corrected chi connectivity index (χ1v) is 8.42. The van der Waals surface area contributed by atoms with Crippen molar-refractivity contribution in [2.24, 2.45) is 0 Å². The summed E-state index contributed by atoms with van der Waals surface area (Å²) in [7, 11) is 0. The molecule has 0 radical (unpaired) electrons. The number of ketones is 1. The zero-order valence-electron chi connectivity index (χ0n) is 14.7. The van der Waals surface area contributed by atoms with Crippen molar-refractivity contribution in [2.75, 3.05) is 5.32 Å². The van der Waals surface area contributed by atoms with Crippen molar-refractivity contribution in [2.45, 2.75) is 26.3 Å². The standard InChI is InChI=1S/C21H20N2O3/c1-14(24)16-7-9-18(10-8-16)22-21(26)13-20-19-6-4-3-5-17(19)11-12-23(20)15(2)25/h3-12,20H,13H2,1-2H3,(H,22,26)/t20-/m0/s1. The minimum Gasteiger partial charge on any atom is -0.326 e. The van der Waals surface area contributed by atoms with Gasteiger partial charge in [0.15, 0.2) is 5.78 Å². The first kappa shape index (κ1) is 17.6. The Morgan fingerprint density at radius 2 is 1.69 bits per heavy atom. The minimum atomic E-state index is -0.342. The fourth-order valence-corrected chi connectivity index (χ4v) is 3.09. The van der Waals surface area contributed by atoms with Gasteiger partial charge in [0.2, 0.25) is 11.8 Å². The second-order valence-electron chi connectivity index (χ2n) is 6.27. The van der Waals surface area contributed by atoms with Gasteiger partial charge in [0.1, 0.15) is 0 Å². The van der Waals surface area contributed by atoms with E-state index < -0.39 is 0 Å².